The topological polar surface area (TPSA) is 148 Å². The van der Waals surface area contributed by atoms with Gasteiger partial charge in [-0.25, -0.2) is 9.78 Å². The summed E-state index contributed by atoms with van der Waals surface area (Å²) in [6.45, 7) is 0.741. The van der Waals surface area contributed by atoms with Gasteiger partial charge in [0.05, 0.1) is 13.0 Å². The molecule has 5 fully saturated rings. The van der Waals surface area contributed by atoms with Crippen molar-refractivity contribution in [1.29, 1.82) is 0 Å². The number of carbonyl (C=O) groups excluding carboxylic acids is 3. The summed E-state index contributed by atoms with van der Waals surface area (Å²) in [6, 6.07) is 29.2. The number of fused-ring (bicyclic) bond motifs is 3. The minimum Gasteiger partial charge on any atom is -0.870 e. The largest absolute Gasteiger partial charge is 0.870 e. The van der Waals surface area contributed by atoms with Crippen LogP contribution in [0.3, 0.4) is 0 Å². The average molecular weight is 1000 g/mol. The molecule has 4 aliphatic heterocycles. The van der Waals surface area contributed by atoms with Gasteiger partial charge in [0, 0.05) is 42.3 Å². The second kappa shape index (κ2) is 23.0. The standard InChI is InChI=1S/C52H51Cl2F2N3O8S.H2O/c53-42-27-57-28-43(54)41(42)25-45(38-15-16-44(67-52(55)56)46(24-38)64-31-32-9-10-32)66-51(62)50-59(21-22-68-50)49(61)36-13-11-33(12-14-36)30-63-39-8-4-7-37(23-39)40(34-5-2-1-3-6-34)26-48(60)65-47-29-58-19-17-35(47)18-20-58;/h1-8,11-16,23-24,27-28,32,35,40,45,47,50,52H,9-10,17-22,25-26,29-31H2;1H2/t40-,45-,47-,50-;/m0./s1. The molecule has 1 aromatic heterocycles. The van der Waals surface area contributed by atoms with Gasteiger partial charge in [-0.1, -0.05) is 83.9 Å². The third kappa shape index (κ3) is 12.7. The van der Waals surface area contributed by atoms with Crippen LogP contribution in [-0.2, 0) is 32.1 Å². The highest BCUT2D eigenvalue weighted by Gasteiger charge is 2.39. The van der Waals surface area contributed by atoms with E-state index in [1.807, 2.05) is 66.7 Å². The lowest BCUT2D eigenvalue weighted by Gasteiger charge is -2.44. The Labute approximate surface area is 413 Å². The highest BCUT2D eigenvalue weighted by molar-refractivity contribution is 8.00. The van der Waals surface area contributed by atoms with E-state index in [0.717, 1.165) is 62.0 Å². The van der Waals surface area contributed by atoms with Crippen LogP contribution in [0.4, 0.5) is 8.78 Å². The molecule has 0 radical (unpaired) electrons. The van der Waals surface area contributed by atoms with Crippen molar-refractivity contribution in [2.75, 3.05) is 38.5 Å². The van der Waals surface area contributed by atoms with Crippen molar-refractivity contribution in [3.05, 3.63) is 153 Å². The zero-order chi connectivity index (χ0) is 47.1. The molecule has 1 amide bonds. The summed E-state index contributed by atoms with van der Waals surface area (Å²) in [5, 5.41) is -0.355. The summed E-state index contributed by atoms with van der Waals surface area (Å²) in [5.74, 6) is 0.402. The second-order valence-electron chi connectivity index (χ2n) is 17.7. The number of nitrogens with one attached hydrogen (secondary N) is 1. The number of ether oxygens (including phenoxy) is 5. The summed E-state index contributed by atoms with van der Waals surface area (Å²) in [7, 11) is 0. The third-order valence-electron chi connectivity index (χ3n) is 13.0. The van der Waals surface area contributed by atoms with Crippen molar-refractivity contribution in [3.8, 4) is 17.2 Å². The molecule has 2 bridgehead atoms. The number of H-pyrrole nitrogens is 1. The van der Waals surface area contributed by atoms with Crippen molar-refractivity contribution in [1.82, 2.24) is 9.80 Å². The number of aromatic amines is 1. The molecule has 17 heteroatoms. The van der Waals surface area contributed by atoms with Crippen LogP contribution in [0.1, 0.15) is 82.3 Å². The van der Waals surface area contributed by atoms with Gasteiger partial charge in [-0.15, -0.1) is 11.8 Å². The second-order valence-corrected chi connectivity index (χ2v) is 19.7. The third-order valence-corrected chi connectivity index (χ3v) is 14.9. The number of amides is 1. The normalized spacial score (nSPS) is 20.4. The van der Waals surface area contributed by atoms with Gasteiger partial charge in [0.2, 0.25) is 0 Å². The molecule has 5 heterocycles. The monoisotopic (exact) mass is 1000 g/mol. The Morgan fingerprint density at radius 2 is 1.54 bits per heavy atom. The Bertz CT molecular complexity index is 2550. The Morgan fingerprint density at radius 3 is 2.23 bits per heavy atom. The van der Waals surface area contributed by atoms with Crippen LogP contribution >= 0.6 is 35.0 Å². The van der Waals surface area contributed by atoms with Gasteiger partial charge in [-0.2, -0.15) is 8.78 Å². The lowest BCUT2D eigenvalue weighted by molar-refractivity contribution is -0.377. The molecular formula is C52H53Cl2F2N3O9S. The first kappa shape index (κ1) is 50.0. The summed E-state index contributed by atoms with van der Waals surface area (Å²) >= 11 is 14.4. The van der Waals surface area contributed by atoms with Crippen molar-refractivity contribution in [2.45, 2.75) is 75.2 Å². The maximum atomic E-state index is 14.1. The van der Waals surface area contributed by atoms with Gasteiger partial charge < -0.3 is 34.1 Å². The number of carbonyl (C=O) groups is 3. The molecule has 4 aromatic carbocycles. The predicted molar refractivity (Wildman–Crippen MR) is 255 cm³/mol. The first-order valence-electron chi connectivity index (χ1n) is 23.0. The number of piperidine rings is 3. The minimum absolute atomic E-state index is 0. The number of halogens is 4. The van der Waals surface area contributed by atoms with Gasteiger partial charge >= 0.3 is 18.6 Å². The van der Waals surface area contributed by atoms with E-state index in [9.17, 15) is 23.2 Å². The Morgan fingerprint density at radius 1 is 0.797 bits per heavy atom. The smallest absolute Gasteiger partial charge is 0.387 e. The highest BCUT2D eigenvalue weighted by Crippen LogP contribution is 2.40. The number of thioether (sulfide) groups is 1. The number of hydrogen-bond donors (Lipinski definition) is 0. The van der Waals surface area contributed by atoms with Crippen LogP contribution in [0, 0.1) is 11.8 Å². The fourth-order valence-electron chi connectivity index (χ4n) is 9.12. The number of benzene rings is 4. The summed E-state index contributed by atoms with van der Waals surface area (Å²) in [5.41, 5.74) is 4.09. The van der Waals surface area contributed by atoms with Crippen LogP contribution in [0.15, 0.2) is 109 Å². The summed E-state index contributed by atoms with van der Waals surface area (Å²) in [6.07, 6.45) is 6.39. The molecule has 0 unspecified atom stereocenters. The van der Waals surface area contributed by atoms with Gasteiger partial charge in [0.1, 0.15) is 34.6 Å². The maximum absolute atomic E-state index is 14.1. The van der Waals surface area contributed by atoms with Crippen molar-refractivity contribution < 1.29 is 57.3 Å². The lowest BCUT2D eigenvalue weighted by Crippen LogP contribution is -2.52. The number of esters is 2. The van der Waals surface area contributed by atoms with Gasteiger partial charge in [-0.3, -0.25) is 14.5 Å². The van der Waals surface area contributed by atoms with Crippen molar-refractivity contribution in [2.24, 2.45) is 11.8 Å². The van der Waals surface area contributed by atoms with Crippen LogP contribution in [0.5, 0.6) is 17.2 Å². The maximum Gasteiger partial charge on any atom is 0.387 e. The first-order chi connectivity index (χ1) is 33.0. The van der Waals surface area contributed by atoms with E-state index in [1.54, 1.807) is 24.5 Å². The summed E-state index contributed by atoms with van der Waals surface area (Å²) in [4.78, 5) is 48.4. The zero-order valence-electron chi connectivity index (χ0n) is 37.7. The van der Waals surface area contributed by atoms with Gasteiger partial charge in [0.15, 0.2) is 29.3 Å². The number of rotatable bonds is 19. The number of pyridine rings is 1. The fraction of sp³-hybridized carbons (Fsp3) is 0.385. The summed E-state index contributed by atoms with van der Waals surface area (Å²) < 4.78 is 56.0. The van der Waals surface area contributed by atoms with E-state index in [4.69, 9.17) is 46.9 Å². The molecule has 2 N–H and O–H groups in total. The van der Waals surface area contributed by atoms with Crippen LogP contribution in [0.2, 0.25) is 10.0 Å². The van der Waals surface area contributed by atoms with E-state index in [1.165, 1.54) is 34.9 Å². The average Bonchev–Trinajstić information content (AvgIpc) is 4.06. The Kier molecular flexibility index (Phi) is 16.6. The number of nitrogens with zero attached hydrogens (tertiary/aromatic N) is 2. The van der Waals surface area contributed by atoms with Gasteiger partial charge in [-0.05, 0) is 109 Å². The van der Waals surface area contributed by atoms with Gasteiger partial charge in [0.25, 0.3) is 5.91 Å². The molecule has 10 rings (SSSR count). The molecular weight excluding hydrogens is 952 g/mol. The van der Waals surface area contributed by atoms with E-state index in [0.29, 0.717) is 63.2 Å². The van der Waals surface area contributed by atoms with Crippen LogP contribution in [-0.4, -0.2) is 89.7 Å². The molecule has 364 valence electrons. The van der Waals surface area contributed by atoms with E-state index >= 15 is 0 Å². The zero-order valence-corrected chi connectivity index (χ0v) is 40.0. The molecule has 1 saturated carbocycles. The Hall–Kier alpha value is -5.45. The highest BCUT2D eigenvalue weighted by atomic mass is 35.5. The Balaban J connectivity index is 0.00000642. The molecule has 1 aliphatic carbocycles. The minimum atomic E-state index is -3.07. The SMILES string of the molecule is O=C(C[C@@H](c1ccccc1)c1cccc(OCc2ccc(C(=O)N3CCS[C@H]3C(=O)O[C@@H](Cc3c(Cl)c[nH+]cc3Cl)c3ccc(OC(F)F)c(OCC4CC4)c3)cc2)c1)O[C@H]1CN2CCC1CC2.[OH-]. The number of hydrogen-bond acceptors (Lipinski definition) is 11. The lowest BCUT2D eigenvalue weighted by atomic mass is 9.85. The van der Waals surface area contributed by atoms with E-state index in [-0.39, 0.29) is 60.3 Å². The fourth-order valence-corrected chi connectivity index (χ4v) is 10.7. The molecule has 0 spiro atoms. The molecule has 69 heavy (non-hydrogen) atoms. The quantitative estimate of drug-likeness (QED) is 0.0729. The number of alkyl halides is 2. The van der Waals surface area contributed by atoms with Crippen molar-refractivity contribution >= 4 is 52.8 Å². The van der Waals surface area contributed by atoms with Crippen molar-refractivity contribution in [3.63, 3.8) is 0 Å². The van der Waals surface area contributed by atoms with E-state index < -0.39 is 24.1 Å². The molecule has 4 atom stereocenters. The first-order valence-corrected chi connectivity index (χ1v) is 24.8. The molecule has 5 aromatic rings. The number of aromatic nitrogens is 1. The molecule has 12 nitrogen and oxygen atoms in total. The van der Waals surface area contributed by atoms with E-state index in [2.05, 4.69) is 9.88 Å². The predicted octanol–water partition coefficient (Wildman–Crippen LogP) is 9.80. The van der Waals surface area contributed by atoms with Crippen LogP contribution in [0.25, 0.3) is 0 Å². The molecule has 5 aliphatic rings. The van der Waals surface area contributed by atoms with Crippen LogP contribution < -0.4 is 19.2 Å². The molecule has 4 saturated heterocycles.